The normalized spacial score (nSPS) is 12.4. The lowest BCUT2D eigenvalue weighted by Crippen LogP contribution is -2.17. The molecule has 0 saturated carbocycles. The maximum atomic E-state index is 5.89. The molecule has 82 valence electrons. The van der Waals surface area contributed by atoms with E-state index in [4.69, 9.17) is 11.6 Å². The van der Waals surface area contributed by atoms with Crippen LogP contribution >= 0.6 is 11.6 Å². The first-order valence-electron chi connectivity index (χ1n) is 5.29. The first kappa shape index (κ1) is 11.2. The maximum Gasteiger partial charge on any atom is 0.0574 e. The molecule has 0 aliphatic rings. The van der Waals surface area contributed by atoms with Gasteiger partial charge in [-0.15, -0.1) is 0 Å². The van der Waals surface area contributed by atoms with Crippen LogP contribution in [-0.4, -0.2) is 7.05 Å². The van der Waals surface area contributed by atoms with Gasteiger partial charge in [-0.3, -0.25) is 0 Å². The molecule has 0 saturated heterocycles. The molecule has 0 amide bonds. The van der Waals surface area contributed by atoms with E-state index in [-0.39, 0.29) is 6.04 Å². The highest BCUT2D eigenvalue weighted by Gasteiger charge is 2.10. The topological polar surface area (TPSA) is 12.0 Å². The monoisotopic (exact) mass is 231 g/mol. The molecule has 0 bridgehead atoms. The molecule has 0 fully saturated rings. The fourth-order valence-corrected chi connectivity index (χ4v) is 1.95. The molecule has 0 aliphatic heterocycles. The fraction of sp³-hybridized carbons (Fsp3) is 0.143. The minimum absolute atomic E-state index is 0.221. The van der Waals surface area contributed by atoms with Crippen LogP contribution in [0.25, 0.3) is 0 Å². The van der Waals surface area contributed by atoms with Gasteiger partial charge in [-0.2, -0.15) is 0 Å². The molecular weight excluding hydrogens is 218 g/mol. The number of halogens is 1. The van der Waals surface area contributed by atoms with E-state index < -0.39 is 0 Å². The van der Waals surface area contributed by atoms with Gasteiger partial charge in [0.2, 0.25) is 0 Å². The van der Waals surface area contributed by atoms with Crippen molar-refractivity contribution in [1.82, 2.24) is 5.32 Å². The first-order chi connectivity index (χ1) is 7.81. The molecule has 16 heavy (non-hydrogen) atoms. The van der Waals surface area contributed by atoms with Gasteiger partial charge in [0.25, 0.3) is 0 Å². The van der Waals surface area contributed by atoms with Crippen molar-refractivity contribution in [3.8, 4) is 0 Å². The van der Waals surface area contributed by atoms with Crippen molar-refractivity contribution in [2.24, 2.45) is 0 Å². The Morgan fingerprint density at radius 1 is 0.875 bits per heavy atom. The molecule has 0 aliphatic carbocycles. The second-order valence-electron chi connectivity index (χ2n) is 3.68. The summed E-state index contributed by atoms with van der Waals surface area (Å²) in [5, 5.41) is 4.08. The zero-order valence-corrected chi connectivity index (χ0v) is 9.91. The van der Waals surface area contributed by atoms with Crippen LogP contribution in [0.3, 0.4) is 0 Å². The highest BCUT2D eigenvalue weighted by molar-refractivity contribution is 6.30. The molecule has 0 heterocycles. The Hall–Kier alpha value is -1.31. The van der Waals surface area contributed by atoms with Crippen molar-refractivity contribution in [1.29, 1.82) is 0 Å². The standard InChI is InChI=1S/C14H14ClN/c1-16-14(11-5-3-2-4-6-11)12-7-9-13(15)10-8-12/h2-10,14,16H,1H3/t14-/m1/s1. The Morgan fingerprint density at radius 3 is 2.00 bits per heavy atom. The Morgan fingerprint density at radius 2 is 1.44 bits per heavy atom. The first-order valence-corrected chi connectivity index (χ1v) is 5.67. The second-order valence-corrected chi connectivity index (χ2v) is 4.12. The molecule has 1 atom stereocenters. The Balaban J connectivity index is 2.33. The lowest BCUT2D eigenvalue weighted by molar-refractivity contribution is 0.692. The zero-order chi connectivity index (χ0) is 11.4. The van der Waals surface area contributed by atoms with Crippen molar-refractivity contribution in [3.63, 3.8) is 0 Å². The summed E-state index contributed by atoms with van der Waals surface area (Å²) in [6.07, 6.45) is 0. The van der Waals surface area contributed by atoms with E-state index in [1.165, 1.54) is 11.1 Å². The molecule has 1 nitrogen and oxygen atoms in total. The van der Waals surface area contributed by atoms with Crippen molar-refractivity contribution in [3.05, 3.63) is 70.7 Å². The molecule has 0 radical (unpaired) electrons. The molecule has 0 spiro atoms. The third-order valence-corrected chi connectivity index (χ3v) is 2.88. The summed E-state index contributed by atoms with van der Waals surface area (Å²) < 4.78 is 0. The average Bonchev–Trinajstić information content (AvgIpc) is 2.34. The van der Waals surface area contributed by atoms with Gasteiger partial charge in [0, 0.05) is 5.02 Å². The van der Waals surface area contributed by atoms with Crippen LogP contribution in [0.1, 0.15) is 17.2 Å². The minimum Gasteiger partial charge on any atom is -0.309 e. The van der Waals surface area contributed by atoms with Gasteiger partial charge in [0.05, 0.1) is 6.04 Å². The van der Waals surface area contributed by atoms with Crippen LogP contribution in [-0.2, 0) is 0 Å². The summed E-state index contributed by atoms with van der Waals surface area (Å²) in [6.45, 7) is 0. The van der Waals surface area contributed by atoms with E-state index >= 15 is 0 Å². The van der Waals surface area contributed by atoms with E-state index in [0.717, 1.165) is 5.02 Å². The molecule has 2 heteroatoms. The Bertz CT molecular complexity index is 436. The zero-order valence-electron chi connectivity index (χ0n) is 9.15. The smallest absolute Gasteiger partial charge is 0.0574 e. The SMILES string of the molecule is CN[C@H](c1ccccc1)c1ccc(Cl)cc1. The predicted octanol–water partition coefficient (Wildman–Crippen LogP) is 3.65. The lowest BCUT2D eigenvalue weighted by atomic mass is 9.99. The summed E-state index contributed by atoms with van der Waals surface area (Å²) in [4.78, 5) is 0. The molecular formula is C14H14ClN. The average molecular weight is 232 g/mol. The Kier molecular flexibility index (Phi) is 3.60. The molecule has 2 aromatic carbocycles. The second kappa shape index (κ2) is 5.15. The highest BCUT2D eigenvalue weighted by Crippen LogP contribution is 2.22. The third kappa shape index (κ3) is 2.43. The maximum absolute atomic E-state index is 5.89. The van der Waals surface area contributed by atoms with Gasteiger partial charge in [-0.05, 0) is 30.3 Å². The quantitative estimate of drug-likeness (QED) is 0.851. The number of nitrogens with one attached hydrogen (secondary N) is 1. The fourth-order valence-electron chi connectivity index (χ4n) is 1.83. The number of hydrogen-bond donors (Lipinski definition) is 1. The van der Waals surface area contributed by atoms with E-state index in [9.17, 15) is 0 Å². The highest BCUT2D eigenvalue weighted by atomic mass is 35.5. The van der Waals surface area contributed by atoms with E-state index in [1.807, 2.05) is 25.2 Å². The van der Waals surface area contributed by atoms with Crippen molar-refractivity contribution in [2.45, 2.75) is 6.04 Å². The van der Waals surface area contributed by atoms with Crippen LogP contribution < -0.4 is 5.32 Å². The number of rotatable bonds is 3. The summed E-state index contributed by atoms with van der Waals surface area (Å²) >= 11 is 5.89. The molecule has 1 N–H and O–H groups in total. The predicted molar refractivity (Wildman–Crippen MR) is 68.8 cm³/mol. The molecule has 2 rings (SSSR count). The molecule has 0 aromatic heterocycles. The van der Waals surface area contributed by atoms with Crippen LogP contribution in [0.2, 0.25) is 5.02 Å². The summed E-state index contributed by atoms with van der Waals surface area (Å²) in [5.41, 5.74) is 2.48. The molecule has 0 unspecified atom stereocenters. The van der Waals surface area contributed by atoms with Crippen molar-refractivity contribution < 1.29 is 0 Å². The van der Waals surface area contributed by atoms with Gasteiger partial charge < -0.3 is 5.32 Å². The van der Waals surface area contributed by atoms with E-state index in [2.05, 4.69) is 41.7 Å². The molecule has 2 aromatic rings. The van der Waals surface area contributed by atoms with Crippen molar-refractivity contribution >= 4 is 11.6 Å². The van der Waals surface area contributed by atoms with Crippen LogP contribution in [0.15, 0.2) is 54.6 Å². The van der Waals surface area contributed by atoms with E-state index in [1.54, 1.807) is 0 Å². The minimum atomic E-state index is 0.221. The van der Waals surface area contributed by atoms with Crippen LogP contribution in [0.5, 0.6) is 0 Å². The van der Waals surface area contributed by atoms with Crippen molar-refractivity contribution in [2.75, 3.05) is 7.05 Å². The lowest BCUT2D eigenvalue weighted by Gasteiger charge is -2.17. The van der Waals surface area contributed by atoms with Crippen LogP contribution in [0, 0.1) is 0 Å². The Labute approximate surface area is 101 Å². The number of benzene rings is 2. The summed E-state index contributed by atoms with van der Waals surface area (Å²) in [7, 11) is 1.96. The van der Waals surface area contributed by atoms with Gasteiger partial charge in [0.15, 0.2) is 0 Å². The van der Waals surface area contributed by atoms with Gasteiger partial charge >= 0.3 is 0 Å². The van der Waals surface area contributed by atoms with Crippen LogP contribution in [0.4, 0.5) is 0 Å². The summed E-state index contributed by atoms with van der Waals surface area (Å²) in [5.74, 6) is 0. The third-order valence-electron chi connectivity index (χ3n) is 2.62. The summed E-state index contributed by atoms with van der Waals surface area (Å²) in [6, 6.07) is 18.5. The number of hydrogen-bond acceptors (Lipinski definition) is 1. The van der Waals surface area contributed by atoms with Gasteiger partial charge in [-0.25, -0.2) is 0 Å². The largest absolute Gasteiger partial charge is 0.309 e. The van der Waals surface area contributed by atoms with Gasteiger partial charge in [-0.1, -0.05) is 54.1 Å². The van der Waals surface area contributed by atoms with Gasteiger partial charge in [0.1, 0.15) is 0 Å². The van der Waals surface area contributed by atoms with E-state index in [0.29, 0.717) is 0 Å².